The molecular formula is C16H24N4O. The van der Waals surface area contributed by atoms with Gasteiger partial charge in [0.25, 0.3) is 0 Å². The largest absolute Gasteiger partial charge is 0.380 e. The van der Waals surface area contributed by atoms with Gasteiger partial charge < -0.3 is 14.2 Å². The summed E-state index contributed by atoms with van der Waals surface area (Å²) < 4.78 is 7.51. The third kappa shape index (κ3) is 3.82. The van der Waals surface area contributed by atoms with Gasteiger partial charge in [-0.3, -0.25) is 0 Å². The van der Waals surface area contributed by atoms with Gasteiger partial charge in [0.15, 0.2) is 0 Å². The van der Waals surface area contributed by atoms with Gasteiger partial charge in [0.1, 0.15) is 11.6 Å². The van der Waals surface area contributed by atoms with E-state index >= 15 is 0 Å². The van der Waals surface area contributed by atoms with Gasteiger partial charge in [0, 0.05) is 50.4 Å². The topological polar surface area (TPSA) is 43.2 Å². The van der Waals surface area contributed by atoms with E-state index in [-0.39, 0.29) is 0 Å². The van der Waals surface area contributed by atoms with Gasteiger partial charge in [-0.1, -0.05) is 0 Å². The summed E-state index contributed by atoms with van der Waals surface area (Å²) in [6.07, 6.45) is 5.69. The normalized spacial score (nSPS) is 10.8. The zero-order valence-corrected chi connectivity index (χ0v) is 13.1. The zero-order chi connectivity index (χ0) is 15.1. The summed E-state index contributed by atoms with van der Waals surface area (Å²) in [6.45, 7) is 10.5. The molecule has 0 saturated heterocycles. The first-order chi connectivity index (χ1) is 10.3. The zero-order valence-electron chi connectivity index (χ0n) is 13.1. The minimum absolute atomic E-state index is 0.699. The Kier molecular flexibility index (Phi) is 5.75. The lowest BCUT2D eigenvalue weighted by Gasteiger charge is -2.19. The van der Waals surface area contributed by atoms with E-state index in [4.69, 9.17) is 4.74 Å². The van der Waals surface area contributed by atoms with E-state index in [9.17, 15) is 0 Å². The first-order valence-corrected chi connectivity index (χ1v) is 7.60. The number of anilines is 1. The second-order valence-electron chi connectivity index (χ2n) is 4.72. The average molecular weight is 288 g/mol. The molecular weight excluding hydrogens is 264 g/mol. The molecule has 0 aromatic carbocycles. The Balaban J connectivity index is 2.13. The highest BCUT2D eigenvalue weighted by molar-refractivity contribution is 5.57. The molecule has 0 aliphatic carbocycles. The van der Waals surface area contributed by atoms with Crippen LogP contribution in [0.5, 0.6) is 0 Å². The third-order valence-electron chi connectivity index (χ3n) is 3.49. The maximum Gasteiger partial charge on any atom is 0.141 e. The van der Waals surface area contributed by atoms with Crippen molar-refractivity contribution >= 4 is 5.82 Å². The van der Waals surface area contributed by atoms with E-state index in [2.05, 4.69) is 45.4 Å². The van der Waals surface area contributed by atoms with E-state index in [1.165, 1.54) is 0 Å². The van der Waals surface area contributed by atoms with Gasteiger partial charge in [-0.25, -0.2) is 9.97 Å². The molecule has 0 saturated carbocycles. The van der Waals surface area contributed by atoms with Crippen LogP contribution in [0.1, 0.15) is 20.8 Å². The fourth-order valence-electron chi connectivity index (χ4n) is 2.31. The molecule has 2 aromatic rings. The predicted molar refractivity (Wildman–Crippen MR) is 85.5 cm³/mol. The maximum atomic E-state index is 5.41. The molecule has 21 heavy (non-hydrogen) atoms. The molecule has 2 heterocycles. The summed E-state index contributed by atoms with van der Waals surface area (Å²) >= 11 is 0. The Labute approximate surface area is 126 Å². The van der Waals surface area contributed by atoms with Crippen LogP contribution in [-0.4, -0.2) is 40.8 Å². The molecule has 114 valence electrons. The lowest BCUT2D eigenvalue weighted by Crippen LogP contribution is -2.22. The molecule has 0 amide bonds. The van der Waals surface area contributed by atoms with Crippen molar-refractivity contribution in [2.24, 2.45) is 0 Å². The Morgan fingerprint density at radius 1 is 1.14 bits per heavy atom. The van der Waals surface area contributed by atoms with E-state index in [1.54, 1.807) is 0 Å². The minimum atomic E-state index is 0.699. The molecule has 2 aromatic heterocycles. The van der Waals surface area contributed by atoms with Gasteiger partial charge in [-0.2, -0.15) is 0 Å². The van der Waals surface area contributed by atoms with Crippen molar-refractivity contribution in [3.63, 3.8) is 0 Å². The van der Waals surface area contributed by atoms with Gasteiger partial charge in [0.05, 0.1) is 6.61 Å². The number of aromatic nitrogens is 3. The molecule has 0 unspecified atom stereocenters. The second kappa shape index (κ2) is 7.78. The first-order valence-electron chi connectivity index (χ1n) is 7.60. The van der Waals surface area contributed by atoms with Crippen LogP contribution < -0.4 is 4.90 Å². The number of hydrogen-bond acceptors (Lipinski definition) is 4. The van der Waals surface area contributed by atoms with Crippen LogP contribution in [0.25, 0.3) is 11.4 Å². The van der Waals surface area contributed by atoms with Crippen molar-refractivity contribution < 1.29 is 4.74 Å². The summed E-state index contributed by atoms with van der Waals surface area (Å²) in [5.74, 6) is 1.95. The van der Waals surface area contributed by atoms with Gasteiger partial charge in [0.2, 0.25) is 0 Å². The summed E-state index contributed by atoms with van der Waals surface area (Å²) in [5, 5.41) is 0. The maximum absolute atomic E-state index is 5.41. The highest BCUT2D eigenvalue weighted by Gasteiger charge is 2.08. The van der Waals surface area contributed by atoms with Crippen LogP contribution in [0, 0.1) is 0 Å². The number of imidazole rings is 1. The highest BCUT2D eigenvalue weighted by atomic mass is 16.5. The third-order valence-corrected chi connectivity index (χ3v) is 3.49. The van der Waals surface area contributed by atoms with Crippen LogP contribution in [0.2, 0.25) is 0 Å². The molecule has 0 radical (unpaired) electrons. The van der Waals surface area contributed by atoms with Crippen molar-refractivity contribution in [3.8, 4) is 11.4 Å². The molecule has 0 atom stereocenters. The molecule has 5 heteroatoms. The number of ether oxygens (including phenoxy) is 1. The van der Waals surface area contributed by atoms with Crippen molar-refractivity contribution in [2.45, 2.75) is 27.3 Å². The fourth-order valence-corrected chi connectivity index (χ4v) is 2.31. The number of rotatable bonds is 8. The van der Waals surface area contributed by atoms with E-state index in [0.29, 0.717) is 6.61 Å². The molecule has 2 rings (SSSR count). The molecule has 0 aliphatic rings. The Hall–Kier alpha value is -1.88. The Bertz CT molecular complexity index is 531. The van der Waals surface area contributed by atoms with E-state index in [0.717, 1.165) is 43.4 Å². The molecule has 5 nitrogen and oxygen atoms in total. The van der Waals surface area contributed by atoms with Gasteiger partial charge in [-0.05, 0) is 32.9 Å². The summed E-state index contributed by atoms with van der Waals surface area (Å²) in [5.41, 5.74) is 1.03. The second-order valence-corrected chi connectivity index (χ2v) is 4.72. The number of hydrogen-bond donors (Lipinski definition) is 0. The molecule has 0 N–H and O–H groups in total. The predicted octanol–water partition coefficient (Wildman–Crippen LogP) is 2.83. The Morgan fingerprint density at radius 2 is 1.95 bits per heavy atom. The molecule has 0 spiro atoms. The quantitative estimate of drug-likeness (QED) is 0.701. The van der Waals surface area contributed by atoms with Crippen molar-refractivity contribution in [1.82, 2.24) is 14.5 Å². The van der Waals surface area contributed by atoms with Crippen LogP contribution in [0.15, 0.2) is 30.7 Å². The summed E-state index contributed by atoms with van der Waals surface area (Å²) in [4.78, 5) is 11.2. The van der Waals surface area contributed by atoms with Crippen molar-refractivity contribution in [3.05, 3.63) is 30.7 Å². The molecule has 0 bridgehead atoms. The minimum Gasteiger partial charge on any atom is -0.380 e. The van der Waals surface area contributed by atoms with Crippen LogP contribution in [0.4, 0.5) is 5.82 Å². The van der Waals surface area contributed by atoms with Crippen LogP contribution in [0.3, 0.4) is 0 Å². The molecule has 0 fully saturated rings. The standard InChI is InChI=1S/C16H24N4O/c1-4-19(5-2)15-8-7-14(13-18-15)16-17-9-10-20(16)11-12-21-6-3/h7-10,13H,4-6,11-12H2,1-3H3. The van der Waals surface area contributed by atoms with E-state index < -0.39 is 0 Å². The Morgan fingerprint density at radius 3 is 2.57 bits per heavy atom. The van der Waals surface area contributed by atoms with Gasteiger partial charge >= 0.3 is 0 Å². The summed E-state index contributed by atoms with van der Waals surface area (Å²) in [7, 11) is 0. The van der Waals surface area contributed by atoms with Crippen LogP contribution in [-0.2, 0) is 11.3 Å². The van der Waals surface area contributed by atoms with Gasteiger partial charge in [-0.15, -0.1) is 0 Å². The summed E-state index contributed by atoms with van der Waals surface area (Å²) in [6, 6.07) is 4.14. The first kappa shape index (κ1) is 15.5. The van der Waals surface area contributed by atoms with Crippen molar-refractivity contribution in [2.75, 3.05) is 31.2 Å². The number of nitrogens with zero attached hydrogens (tertiary/aromatic N) is 4. The monoisotopic (exact) mass is 288 g/mol. The number of pyridine rings is 1. The molecule has 0 aliphatic heterocycles. The average Bonchev–Trinajstić information content (AvgIpc) is 2.98. The highest BCUT2D eigenvalue weighted by Crippen LogP contribution is 2.19. The van der Waals surface area contributed by atoms with Crippen molar-refractivity contribution in [1.29, 1.82) is 0 Å². The SMILES string of the molecule is CCOCCn1ccnc1-c1ccc(N(CC)CC)nc1. The lowest BCUT2D eigenvalue weighted by molar-refractivity contribution is 0.139. The van der Waals surface area contributed by atoms with E-state index in [1.807, 2.05) is 25.5 Å². The lowest BCUT2D eigenvalue weighted by atomic mass is 10.2. The fraction of sp³-hybridized carbons (Fsp3) is 0.500. The smallest absolute Gasteiger partial charge is 0.141 e. The van der Waals surface area contributed by atoms with Crippen LogP contribution >= 0.6 is 0 Å².